The zero-order valence-corrected chi connectivity index (χ0v) is 7.70. The van der Waals surface area contributed by atoms with Crippen LogP contribution in [0.4, 0.5) is 5.69 Å². The van der Waals surface area contributed by atoms with E-state index in [0.29, 0.717) is 0 Å². The van der Waals surface area contributed by atoms with Gasteiger partial charge in [-0.15, -0.1) is 0 Å². The van der Waals surface area contributed by atoms with Gasteiger partial charge < -0.3 is 10.3 Å². The van der Waals surface area contributed by atoms with Crippen LogP contribution in [-0.2, 0) is 6.54 Å². The van der Waals surface area contributed by atoms with Gasteiger partial charge in [-0.2, -0.15) is 0 Å². The number of anilines is 1. The smallest absolute Gasteiger partial charge is 0.139 e. The molecule has 13 heavy (non-hydrogen) atoms. The number of nitrogen functional groups attached to an aromatic ring is 1. The molecular weight excluding hydrogens is 162 g/mol. The second-order valence-electron chi connectivity index (χ2n) is 3.19. The van der Waals surface area contributed by atoms with E-state index in [1.807, 2.05) is 12.1 Å². The fourth-order valence-electron chi connectivity index (χ4n) is 1.52. The minimum Gasteiger partial charge on any atom is -0.397 e. The molecule has 2 N–H and O–H groups in total. The van der Waals surface area contributed by atoms with E-state index in [9.17, 15) is 0 Å². The number of hydrogen-bond donors (Lipinski definition) is 1. The van der Waals surface area contributed by atoms with Gasteiger partial charge >= 0.3 is 0 Å². The lowest BCUT2D eigenvalue weighted by molar-refractivity contribution is 0.698. The number of aromatic nitrogens is 2. The van der Waals surface area contributed by atoms with Gasteiger partial charge in [0.25, 0.3) is 0 Å². The highest BCUT2D eigenvalue weighted by molar-refractivity contribution is 5.79. The van der Waals surface area contributed by atoms with Gasteiger partial charge in [0.2, 0.25) is 0 Å². The maximum atomic E-state index is 5.64. The van der Waals surface area contributed by atoms with Crippen molar-refractivity contribution >= 4 is 16.7 Å². The van der Waals surface area contributed by atoms with Crippen LogP contribution in [0, 0.1) is 0 Å². The molecule has 0 fully saturated rings. The number of fused-ring (bicyclic) bond motifs is 1. The fraction of sp³-hybridized carbons (Fsp3) is 0.300. The van der Waals surface area contributed by atoms with Crippen LogP contribution in [0.5, 0.6) is 0 Å². The van der Waals surface area contributed by atoms with Crippen molar-refractivity contribution in [2.45, 2.75) is 19.9 Å². The van der Waals surface area contributed by atoms with E-state index in [1.165, 1.54) is 0 Å². The van der Waals surface area contributed by atoms with E-state index in [0.717, 1.165) is 29.7 Å². The van der Waals surface area contributed by atoms with Crippen molar-refractivity contribution in [3.05, 3.63) is 24.5 Å². The minimum absolute atomic E-state index is 0.724. The summed E-state index contributed by atoms with van der Waals surface area (Å²) in [5.74, 6) is 0. The van der Waals surface area contributed by atoms with Crippen LogP contribution >= 0.6 is 0 Å². The highest BCUT2D eigenvalue weighted by atomic mass is 15.0. The molecule has 0 radical (unpaired) electrons. The van der Waals surface area contributed by atoms with Gasteiger partial charge in [0, 0.05) is 18.1 Å². The van der Waals surface area contributed by atoms with Gasteiger partial charge in [0.15, 0.2) is 0 Å². The zero-order chi connectivity index (χ0) is 9.26. The Morgan fingerprint density at radius 1 is 1.54 bits per heavy atom. The molecule has 0 saturated carbocycles. The second-order valence-corrected chi connectivity index (χ2v) is 3.19. The first kappa shape index (κ1) is 8.10. The Labute approximate surface area is 77.2 Å². The minimum atomic E-state index is 0.724. The summed E-state index contributed by atoms with van der Waals surface area (Å²) >= 11 is 0. The summed E-state index contributed by atoms with van der Waals surface area (Å²) in [5, 5.41) is 1.12. The van der Waals surface area contributed by atoms with E-state index in [4.69, 9.17) is 5.73 Å². The quantitative estimate of drug-likeness (QED) is 0.759. The lowest BCUT2D eigenvalue weighted by Crippen LogP contribution is -1.96. The molecule has 0 aliphatic heterocycles. The molecule has 0 aliphatic rings. The average molecular weight is 175 g/mol. The monoisotopic (exact) mass is 175 g/mol. The van der Waals surface area contributed by atoms with E-state index in [-0.39, 0.29) is 0 Å². The molecule has 3 nitrogen and oxygen atoms in total. The lowest BCUT2D eigenvalue weighted by atomic mass is 10.3. The molecule has 0 aromatic carbocycles. The van der Waals surface area contributed by atoms with E-state index < -0.39 is 0 Å². The Morgan fingerprint density at radius 2 is 2.38 bits per heavy atom. The molecule has 0 bridgehead atoms. The van der Waals surface area contributed by atoms with Gasteiger partial charge in [-0.1, -0.05) is 6.92 Å². The normalized spacial score (nSPS) is 10.8. The van der Waals surface area contributed by atoms with Crippen molar-refractivity contribution in [1.82, 2.24) is 9.55 Å². The first-order valence-corrected chi connectivity index (χ1v) is 4.51. The Kier molecular flexibility index (Phi) is 1.93. The van der Waals surface area contributed by atoms with Gasteiger partial charge in [0.1, 0.15) is 5.65 Å². The summed E-state index contributed by atoms with van der Waals surface area (Å²) in [5.41, 5.74) is 7.38. The van der Waals surface area contributed by atoms with Crippen LogP contribution in [0.15, 0.2) is 24.5 Å². The third-order valence-corrected chi connectivity index (χ3v) is 2.09. The molecular formula is C10H13N3. The van der Waals surface area contributed by atoms with Crippen LogP contribution < -0.4 is 5.73 Å². The maximum Gasteiger partial charge on any atom is 0.139 e. The Morgan fingerprint density at radius 3 is 3.15 bits per heavy atom. The fourth-order valence-corrected chi connectivity index (χ4v) is 1.52. The van der Waals surface area contributed by atoms with Gasteiger partial charge in [0.05, 0.1) is 11.9 Å². The molecule has 2 aromatic heterocycles. The summed E-state index contributed by atoms with van der Waals surface area (Å²) in [7, 11) is 0. The maximum absolute atomic E-state index is 5.64. The number of nitrogens with zero attached hydrogens (tertiary/aromatic N) is 2. The van der Waals surface area contributed by atoms with Crippen molar-refractivity contribution in [2.24, 2.45) is 0 Å². The predicted molar refractivity (Wildman–Crippen MR) is 54.4 cm³/mol. The standard InChI is InChI=1S/C10H13N3/c1-2-4-13-5-3-8-6-9(11)7-12-10(8)13/h3,5-7H,2,4,11H2,1H3. The number of aryl methyl sites for hydroxylation is 1. The van der Waals surface area contributed by atoms with Crippen LogP contribution in [0.2, 0.25) is 0 Å². The lowest BCUT2D eigenvalue weighted by Gasteiger charge is -2.01. The highest BCUT2D eigenvalue weighted by Crippen LogP contribution is 2.15. The van der Waals surface area contributed by atoms with Crippen molar-refractivity contribution in [2.75, 3.05) is 5.73 Å². The molecule has 2 heterocycles. The van der Waals surface area contributed by atoms with Crippen LogP contribution in [0.1, 0.15) is 13.3 Å². The molecule has 0 saturated heterocycles. The number of rotatable bonds is 2. The summed E-state index contributed by atoms with van der Waals surface area (Å²) in [6, 6.07) is 4.00. The molecule has 0 aliphatic carbocycles. The van der Waals surface area contributed by atoms with E-state index in [2.05, 4.69) is 22.7 Å². The predicted octanol–water partition coefficient (Wildman–Crippen LogP) is 2.03. The molecule has 0 spiro atoms. The van der Waals surface area contributed by atoms with Crippen LogP contribution in [-0.4, -0.2) is 9.55 Å². The molecule has 2 aromatic rings. The number of hydrogen-bond acceptors (Lipinski definition) is 2. The molecule has 68 valence electrons. The Balaban J connectivity index is 2.55. The number of pyridine rings is 1. The zero-order valence-electron chi connectivity index (χ0n) is 7.70. The second kappa shape index (κ2) is 3.09. The number of nitrogens with two attached hydrogens (primary N) is 1. The highest BCUT2D eigenvalue weighted by Gasteiger charge is 2.00. The Bertz CT molecular complexity index is 417. The largest absolute Gasteiger partial charge is 0.397 e. The first-order valence-electron chi connectivity index (χ1n) is 4.51. The van der Waals surface area contributed by atoms with E-state index >= 15 is 0 Å². The third-order valence-electron chi connectivity index (χ3n) is 2.09. The van der Waals surface area contributed by atoms with Crippen molar-refractivity contribution in [3.63, 3.8) is 0 Å². The Hall–Kier alpha value is -1.51. The van der Waals surface area contributed by atoms with E-state index in [1.54, 1.807) is 6.20 Å². The molecule has 0 unspecified atom stereocenters. The van der Waals surface area contributed by atoms with Crippen molar-refractivity contribution < 1.29 is 0 Å². The van der Waals surface area contributed by atoms with Crippen LogP contribution in [0.3, 0.4) is 0 Å². The summed E-state index contributed by atoms with van der Waals surface area (Å²) in [6.45, 7) is 3.17. The summed E-state index contributed by atoms with van der Waals surface area (Å²) < 4.78 is 2.15. The summed E-state index contributed by atoms with van der Waals surface area (Å²) in [6.07, 6.45) is 4.88. The van der Waals surface area contributed by atoms with Gasteiger partial charge in [-0.25, -0.2) is 4.98 Å². The molecule has 0 atom stereocenters. The van der Waals surface area contributed by atoms with Crippen molar-refractivity contribution in [1.29, 1.82) is 0 Å². The molecule has 3 heteroatoms. The summed E-state index contributed by atoms with van der Waals surface area (Å²) in [4.78, 5) is 4.30. The third kappa shape index (κ3) is 1.37. The molecule has 2 rings (SSSR count). The van der Waals surface area contributed by atoms with Gasteiger partial charge in [-0.05, 0) is 18.6 Å². The topological polar surface area (TPSA) is 43.8 Å². The van der Waals surface area contributed by atoms with Crippen LogP contribution in [0.25, 0.3) is 11.0 Å². The van der Waals surface area contributed by atoms with Gasteiger partial charge in [-0.3, -0.25) is 0 Å². The van der Waals surface area contributed by atoms with Crippen molar-refractivity contribution in [3.8, 4) is 0 Å². The SMILES string of the molecule is CCCn1ccc2cc(N)cnc21. The average Bonchev–Trinajstić information content (AvgIpc) is 2.49. The molecule has 0 amide bonds. The first-order chi connectivity index (χ1) is 6.31.